The van der Waals surface area contributed by atoms with Crippen LogP contribution in [0.1, 0.15) is 25.7 Å². The number of amides is 3. The average molecular weight is 356 g/mol. The lowest BCUT2D eigenvalue weighted by molar-refractivity contribution is -0.133. The zero-order chi connectivity index (χ0) is 17.9. The predicted octanol–water partition coefficient (Wildman–Crippen LogP) is 1.92. The van der Waals surface area contributed by atoms with Gasteiger partial charge in [-0.2, -0.15) is 0 Å². The maximum Gasteiger partial charge on any atom is 0.317 e. The number of piperidine rings is 1. The van der Waals surface area contributed by atoms with Gasteiger partial charge in [0.2, 0.25) is 5.91 Å². The van der Waals surface area contributed by atoms with E-state index in [2.05, 4.69) is 34.5 Å². The summed E-state index contributed by atoms with van der Waals surface area (Å²) in [5.74, 6) is 0.619. The van der Waals surface area contributed by atoms with Gasteiger partial charge in [-0.3, -0.25) is 4.79 Å². The van der Waals surface area contributed by atoms with Gasteiger partial charge in [-0.25, -0.2) is 4.79 Å². The number of urea groups is 1. The number of likely N-dealkylation sites (tertiary alicyclic amines) is 1. The van der Waals surface area contributed by atoms with E-state index in [9.17, 15) is 9.59 Å². The highest BCUT2D eigenvalue weighted by Crippen LogP contribution is 2.31. The first-order chi connectivity index (χ1) is 12.7. The Kier molecular flexibility index (Phi) is 5.00. The monoisotopic (exact) mass is 356 g/mol. The fourth-order valence-electron chi connectivity index (χ4n) is 3.91. The van der Waals surface area contributed by atoms with Crippen molar-refractivity contribution in [1.82, 2.24) is 15.1 Å². The Morgan fingerprint density at radius 2 is 1.46 bits per heavy atom. The first-order valence-corrected chi connectivity index (χ1v) is 9.85. The van der Waals surface area contributed by atoms with Crippen molar-refractivity contribution < 1.29 is 9.59 Å². The number of anilines is 1. The van der Waals surface area contributed by atoms with E-state index < -0.39 is 0 Å². The van der Waals surface area contributed by atoms with Crippen LogP contribution in [0.3, 0.4) is 0 Å². The Hall–Kier alpha value is -2.24. The van der Waals surface area contributed by atoms with Crippen LogP contribution in [0.5, 0.6) is 0 Å². The molecule has 0 aromatic heterocycles. The Balaban J connectivity index is 1.20. The molecule has 140 valence electrons. The van der Waals surface area contributed by atoms with E-state index in [4.69, 9.17) is 0 Å². The molecule has 1 saturated carbocycles. The Morgan fingerprint density at radius 3 is 2.08 bits per heavy atom. The number of hydrogen-bond donors (Lipinski definition) is 1. The Bertz CT molecular complexity index is 630. The van der Waals surface area contributed by atoms with Crippen molar-refractivity contribution in [3.8, 4) is 0 Å². The third-order valence-corrected chi connectivity index (χ3v) is 5.75. The number of benzene rings is 1. The number of carbonyl (C=O) groups is 2. The van der Waals surface area contributed by atoms with Gasteiger partial charge < -0.3 is 20.0 Å². The number of piperazine rings is 1. The van der Waals surface area contributed by atoms with Crippen LogP contribution < -0.4 is 10.2 Å². The van der Waals surface area contributed by atoms with E-state index in [1.807, 2.05) is 15.9 Å². The van der Waals surface area contributed by atoms with Gasteiger partial charge in [-0.15, -0.1) is 0 Å². The van der Waals surface area contributed by atoms with Gasteiger partial charge in [0.15, 0.2) is 0 Å². The van der Waals surface area contributed by atoms with Gasteiger partial charge in [0.1, 0.15) is 0 Å². The maximum absolute atomic E-state index is 12.6. The van der Waals surface area contributed by atoms with Crippen LogP contribution in [-0.4, -0.2) is 67.0 Å². The van der Waals surface area contributed by atoms with Gasteiger partial charge >= 0.3 is 6.03 Å². The largest absolute Gasteiger partial charge is 0.368 e. The molecule has 6 heteroatoms. The second-order valence-electron chi connectivity index (χ2n) is 7.63. The smallest absolute Gasteiger partial charge is 0.317 e. The van der Waals surface area contributed by atoms with Crippen molar-refractivity contribution >= 4 is 17.6 Å². The summed E-state index contributed by atoms with van der Waals surface area (Å²) in [7, 11) is 0. The minimum atomic E-state index is 0.0460. The molecule has 2 heterocycles. The third-order valence-electron chi connectivity index (χ3n) is 5.75. The van der Waals surface area contributed by atoms with Crippen LogP contribution in [-0.2, 0) is 4.79 Å². The van der Waals surface area contributed by atoms with Crippen LogP contribution in [0.15, 0.2) is 30.3 Å². The summed E-state index contributed by atoms with van der Waals surface area (Å²) in [6, 6.07) is 10.6. The normalized spacial score (nSPS) is 21.6. The van der Waals surface area contributed by atoms with E-state index in [-0.39, 0.29) is 12.1 Å². The highest BCUT2D eigenvalue weighted by molar-refractivity contribution is 5.81. The summed E-state index contributed by atoms with van der Waals surface area (Å²) in [5.41, 5.74) is 1.22. The molecule has 3 amide bonds. The van der Waals surface area contributed by atoms with Crippen molar-refractivity contribution in [2.75, 3.05) is 44.2 Å². The molecular formula is C20H28N4O2. The first-order valence-electron chi connectivity index (χ1n) is 9.85. The highest BCUT2D eigenvalue weighted by Gasteiger charge is 2.35. The molecule has 3 fully saturated rings. The highest BCUT2D eigenvalue weighted by atomic mass is 16.2. The molecule has 6 nitrogen and oxygen atoms in total. The van der Waals surface area contributed by atoms with Crippen molar-refractivity contribution in [2.45, 2.75) is 31.7 Å². The molecule has 1 N–H and O–H groups in total. The maximum atomic E-state index is 12.6. The van der Waals surface area contributed by atoms with Crippen LogP contribution >= 0.6 is 0 Å². The van der Waals surface area contributed by atoms with Crippen LogP contribution in [0, 0.1) is 5.92 Å². The minimum Gasteiger partial charge on any atom is -0.368 e. The van der Waals surface area contributed by atoms with Crippen molar-refractivity contribution in [3.05, 3.63) is 30.3 Å². The van der Waals surface area contributed by atoms with Crippen LogP contribution in [0.2, 0.25) is 0 Å². The number of nitrogens with one attached hydrogen (secondary N) is 1. The summed E-state index contributed by atoms with van der Waals surface area (Å²) in [6.45, 7) is 4.79. The van der Waals surface area contributed by atoms with E-state index in [1.54, 1.807) is 0 Å². The molecule has 2 aliphatic heterocycles. The van der Waals surface area contributed by atoms with Crippen molar-refractivity contribution in [2.24, 2.45) is 5.92 Å². The van der Waals surface area contributed by atoms with E-state index in [0.717, 1.165) is 65.0 Å². The Morgan fingerprint density at radius 1 is 0.808 bits per heavy atom. The summed E-state index contributed by atoms with van der Waals surface area (Å²) >= 11 is 0. The molecule has 0 bridgehead atoms. The summed E-state index contributed by atoms with van der Waals surface area (Å²) in [6.07, 6.45) is 3.86. The summed E-state index contributed by atoms with van der Waals surface area (Å²) in [4.78, 5) is 30.9. The van der Waals surface area contributed by atoms with E-state index >= 15 is 0 Å². The zero-order valence-electron chi connectivity index (χ0n) is 15.3. The second-order valence-corrected chi connectivity index (χ2v) is 7.63. The number of nitrogens with zero attached hydrogens (tertiary/aromatic N) is 3. The first kappa shape index (κ1) is 17.2. The average Bonchev–Trinajstić information content (AvgIpc) is 3.54. The lowest BCUT2D eigenvalue weighted by Crippen LogP contribution is -2.55. The van der Waals surface area contributed by atoms with Gasteiger partial charge in [0, 0.05) is 56.9 Å². The van der Waals surface area contributed by atoms with Gasteiger partial charge in [0.25, 0.3) is 0 Å². The molecule has 2 saturated heterocycles. The predicted molar refractivity (Wildman–Crippen MR) is 101 cm³/mol. The minimum absolute atomic E-state index is 0.0460. The zero-order valence-corrected chi connectivity index (χ0v) is 15.3. The van der Waals surface area contributed by atoms with Gasteiger partial charge in [-0.1, -0.05) is 18.2 Å². The third kappa shape index (κ3) is 3.94. The van der Waals surface area contributed by atoms with Gasteiger partial charge in [0.05, 0.1) is 0 Å². The summed E-state index contributed by atoms with van der Waals surface area (Å²) in [5, 5.41) is 3.18. The molecule has 1 aromatic rings. The quantitative estimate of drug-likeness (QED) is 0.900. The molecule has 1 aromatic carbocycles. The van der Waals surface area contributed by atoms with Crippen LogP contribution in [0.25, 0.3) is 0 Å². The molecule has 0 unspecified atom stereocenters. The lowest BCUT2D eigenvalue weighted by atomic mass is 10.0. The SMILES string of the molecule is O=C(NC1CCN(C(=O)C2CC2)CC1)N1CCN(c2ccccc2)CC1. The fourth-order valence-corrected chi connectivity index (χ4v) is 3.91. The van der Waals surface area contributed by atoms with Crippen molar-refractivity contribution in [3.63, 3.8) is 0 Å². The van der Waals surface area contributed by atoms with E-state index in [1.165, 1.54) is 5.69 Å². The number of carbonyl (C=O) groups excluding carboxylic acids is 2. The van der Waals surface area contributed by atoms with Gasteiger partial charge in [-0.05, 0) is 37.8 Å². The fraction of sp³-hybridized carbons (Fsp3) is 0.600. The number of para-hydroxylation sites is 1. The lowest BCUT2D eigenvalue weighted by Gasteiger charge is -2.38. The second kappa shape index (κ2) is 7.56. The molecule has 26 heavy (non-hydrogen) atoms. The van der Waals surface area contributed by atoms with E-state index in [0.29, 0.717) is 11.8 Å². The molecule has 3 aliphatic rings. The number of hydrogen-bond acceptors (Lipinski definition) is 3. The molecule has 1 aliphatic carbocycles. The van der Waals surface area contributed by atoms with Crippen LogP contribution in [0.4, 0.5) is 10.5 Å². The molecule has 0 spiro atoms. The molecular weight excluding hydrogens is 328 g/mol. The standard InChI is InChI=1S/C20H28N4O2/c25-19(16-6-7-16)23-10-8-17(9-11-23)21-20(26)24-14-12-22(13-15-24)18-4-2-1-3-5-18/h1-5,16-17H,6-15H2,(H,21,26). The summed E-state index contributed by atoms with van der Waals surface area (Å²) < 4.78 is 0. The molecule has 0 atom stereocenters. The molecule has 4 rings (SSSR count). The Labute approximate surface area is 155 Å². The number of rotatable bonds is 3. The van der Waals surface area contributed by atoms with Crippen molar-refractivity contribution in [1.29, 1.82) is 0 Å². The molecule has 0 radical (unpaired) electrons. The topological polar surface area (TPSA) is 55.9 Å².